The number of aromatic hydroxyl groups is 1. The van der Waals surface area contributed by atoms with E-state index in [1.54, 1.807) is 42.5 Å². The van der Waals surface area contributed by atoms with Gasteiger partial charge < -0.3 is 9.84 Å². The number of amides is 2. The molecule has 7 heteroatoms. The zero-order valence-corrected chi connectivity index (χ0v) is 14.7. The molecule has 0 atom stereocenters. The van der Waals surface area contributed by atoms with Crippen LogP contribution in [0.1, 0.15) is 15.9 Å². The molecule has 0 aromatic heterocycles. The number of phenolic OH excluding ortho intramolecular Hbond substituents is 1. The molecular weight excluding hydrogens is 354 g/mol. The third-order valence-electron chi connectivity index (χ3n) is 3.77. The Morgan fingerprint density at radius 3 is 2.58 bits per heavy atom. The summed E-state index contributed by atoms with van der Waals surface area (Å²) in [6.45, 7) is -0.306. The lowest BCUT2D eigenvalue weighted by atomic mass is 10.1. The van der Waals surface area contributed by atoms with Crippen LogP contribution in [-0.4, -0.2) is 40.6 Å². The number of nitrogens with zero attached hydrogens (tertiary/aromatic N) is 1. The molecule has 0 aliphatic carbocycles. The molecule has 1 aliphatic heterocycles. The first kappa shape index (κ1) is 17.8. The smallest absolute Gasteiger partial charge is 0.293 e. The summed E-state index contributed by atoms with van der Waals surface area (Å²) in [5.74, 6) is -0.598. The number of hydrogen-bond acceptors (Lipinski definition) is 6. The molecule has 2 aromatic rings. The minimum atomic E-state index is -0.528. The van der Waals surface area contributed by atoms with Crippen LogP contribution in [0.5, 0.6) is 11.5 Å². The van der Waals surface area contributed by atoms with E-state index in [0.29, 0.717) is 16.9 Å². The second kappa shape index (κ2) is 7.45. The molecule has 3 rings (SSSR count). The lowest BCUT2D eigenvalue weighted by Gasteiger charge is -2.11. The van der Waals surface area contributed by atoms with Gasteiger partial charge in [-0.05, 0) is 35.5 Å². The Balaban J connectivity index is 1.78. The Labute approximate surface area is 154 Å². The number of ether oxygens (including phenoxy) is 1. The number of methoxy groups -OCH3 is 1. The van der Waals surface area contributed by atoms with Crippen molar-refractivity contribution in [1.29, 1.82) is 0 Å². The summed E-state index contributed by atoms with van der Waals surface area (Å²) >= 11 is 0.763. The predicted molar refractivity (Wildman–Crippen MR) is 98.1 cm³/mol. The van der Waals surface area contributed by atoms with Gasteiger partial charge in [0.2, 0.25) is 0 Å². The Morgan fingerprint density at radius 1 is 1.19 bits per heavy atom. The first-order valence-electron chi connectivity index (χ1n) is 7.70. The molecule has 132 valence electrons. The molecule has 2 amide bonds. The number of imide groups is 1. The van der Waals surface area contributed by atoms with Crippen molar-refractivity contribution in [3.63, 3.8) is 0 Å². The average molecular weight is 369 g/mol. The van der Waals surface area contributed by atoms with Gasteiger partial charge in [-0.1, -0.05) is 36.4 Å². The summed E-state index contributed by atoms with van der Waals surface area (Å²) in [4.78, 5) is 38.0. The monoisotopic (exact) mass is 369 g/mol. The highest BCUT2D eigenvalue weighted by Gasteiger charge is 2.36. The summed E-state index contributed by atoms with van der Waals surface area (Å²) < 4.78 is 4.97. The van der Waals surface area contributed by atoms with E-state index < -0.39 is 11.1 Å². The Morgan fingerprint density at radius 2 is 1.92 bits per heavy atom. The van der Waals surface area contributed by atoms with E-state index in [0.717, 1.165) is 16.7 Å². The number of ketones is 1. The van der Waals surface area contributed by atoms with Gasteiger partial charge >= 0.3 is 0 Å². The fraction of sp³-hybridized carbons (Fsp3) is 0.105. The van der Waals surface area contributed by atoms with E-state index >= 15 is 0 Å². The minimum absolute atomic E-state index is 0.0697. The molecule has 1 fully saturated rings. The van der Waals surface area contributed by atoms with Crippen LogP contribution >= 0.6 is 11.8 Å². The Bertz CT molecular complexity index is 907. The first-order chi connectivity index (χ1) is 12.5. The predicted octanol–water partition coefficient (Wildman–Crippen LogP) is 3.32. The molecule has 0 bridgehead atoms. The SMILES string of the molecule is COc1ccc(/C=C2/SC(=O)N(CC(=O)c3ccccc3)C2=O)cc1O. The van der Waals surface area contributed by atoms with Gasteiger partial charge in [-0.2, -0.15) is 0 Å². The number of hydrogen-bond donors (Lipinski definition) is 1. The van der Waals surface area contributed by atoms with Crippen LogP contribution in [0.2, 0.25) is 0 Å². The van der Waals surface area contributed by atoms with Gasteiger partial charge in [0.25, 0.3) is 11.1 Å². The third kappa shape index (κ3) is 3.62. The number of rotatable bonds is 5. The van der Waals surface area contributed by atoms with Gasteiger partial charge in [-0.15, -0.1) is 0 Å². The van der Waals surface area contributed by atoms with Gasteiger partial charge in [-0.25, -0.2) is 0 Å². The lowest BCUT2D eigenvalue weighted by molar-refractivity contribution is -0.122. The molecule has 0 saturated carbocycles. The minimum Gasteiger partial charge on any atom is -0.504 e. The van der Waals surface area contributed by atoms with Crippen LogP contribution in [0.4, 0.5) is 4.79 Å². The highest BCUT2D eigenvalue weighted by atomic mass is 32.2. The zero-order valence-electron chi connectivity index (χ0n) is 13.8. The summed E-state index contributed by atoms with van der Waals surface area (Å²) in [7, 11) is 1.43. The Kier molecular flexibility index (Phi) is 5.09. The molecule has 0 unspecified atom stereocenters. The summed E-state index contributed by atoms with van der Waals surface area (Å²) in [6.07, 6.45) is 1.50. The van der Waals surface area contributed by atoms with E-state index in [1.165, 1.54) is 19.3 Å². The summed E-state index contributed by atoms with van der Waals surface area (Å²) in [5.41, 5.74) is 0.985. The quantitative estimate of drug-likeness (QED) is 0.643. The zero-order chi connectivity index (χ0) is 18.7. The highest BCUT2D eigenvalue weighted by molar-refractivity contribution is 8.18. The summed E-state index contributed by atoms with van der Waals surface area (Å²) in [5, 5.41) is 9.32. The molecule has 26 heavy (non-hydrogen) atoms. The molecule has 0 radical (unpaired) electrons. The van der Waals surface area contributed by atoms with Crippen LogP contribution in [0.25, 0.3) is 6.08 Å². The van der Waals surface area contributed by atoms with Crippen molar-refractivity contribution in [1.82, 2.24) is 4.90 Å². The van der Waals surface area contributed by atoms with Crippen LogP contribution in [0, 0.1) is 0 Å². The van der Waals surface area contributed by atoms with Gasteiger partial charge in [0.15, 0.2) is 17.3 Å². The normalized spacial score (nSPS) is 15.6. The van der Waals surface area contributed by atoms with Crippen molar-refractivity contribution in [2.45, 2.75) is 0 Å². The number of Topliss-reactive ketones (excluding diaryl/α,β-unsaturated/α-hetero) is 1. The number of thioether (sulfide) groups is 1. The molecule has 2 aromatic carbocycles. The third-order valence-corrected chi connectivity index (χ3v) is 4.68. The number of benzene rings is 2. The number of phenols is 1. The molecule has 1 N–H and O–H groups in total. The second-order valence-corrected chi connectivity index (χ2v) is 6.48. The maximum atomic E-state index is 12.5. The average Bonchev–Trinajstić information content (AvgIpc) is 2.90. The fourth-order valence-corrected chi connectivity index (χ4v) is 3.28. The van der Waals surface area contributed by atoms with Crippen molar-refractivity contribution in [2.75, 3.05) is 13.7 Å². The van der Waals surface area contributed by atoms with Crippen LogP contribution < -0.4 is 4.74 Å². The molecule has 1 heterocycles. The van der Waals surface area contributed by atoms with E-state index in [1.807, 2.05) is 0 Å². The van der Waals surface area contributed by atoms with Gasteiger partial charge in [0.05, 0.1) is 18.6 Å². The van der Waals surface area contributed by atoms with Crippen molar-refractivity contribution < 1.29 is 24.2 Å². The maximum Gasteiger partial charge on any atom is 0.293 e. The second-order valence-electron chi connectivity index (χ2n) is 5.49. The fourth-order valence-electron chi connectivity index (χ4n) is 2.44. The first-order valence-corrected chi connectivity index (χ1v) is 8.52. The van der Waals surface area contributed by atoms with Crippen molar-refractivity contribution >= 4 is 34.8 Å². The van der Waals surface area contributed by atoms with Crippen molar-refractivity contribution in [3.8, 4) is 11.5 Å². The van der Waals surface area contributed by atoms with E-state index in [9.17, 15) is 19.5 Å². The molecule has 0 spiro atoms. The largest absolute Gasteiger partial charge is 0.504 e. The van der Waals surface area contributed by atoms with E-state index in [2.05, 4.69) is 0 Å². The standard InChI is InChI=1S/C19H15NO5S/c1-25-16-8-7-12(9-14(16)21)10-17-18(23)20(19(24)26-17)11-15(22)13-5-3-2-4-6-13/h2-10,21H,11H2,1H3/b17-10+. The van der Waals surface area contributed by atoms with Gasteiger partial charge in [-0.3, -0.25) is 19.3 Å². The Hall–Kier alpha value is -3.06. The highest BCUT2D eigenvalue weighted by Crippen LogP contribution is 2.34. The molecule has 6 nitrogen and oxygen atoms in total. The topological polar surface area (TPSA) is 83.9 Å². The van der Waals surface area contributed by atoms with Crippen LogP contribution in [-0.2, 0) is 4.79 Å². The summed E-state index contributed by atoms with van der Waals surface area (Å²) in [6, 6.07) is 13.1. The van der Waals surface area contributed by atoms with E-state index in [-0.39, 0.29) is 23.0 Å². The molecule has 1 saturated heterocycles. The lowest BCUT2D eigenvalue weighted by Crippen LogP contribution is -2.33. The van der Waals surface area contributed by atoms with E-state index in [4.69, 9.17) is 4.74 Å². The molecular formula is C19H15NO5S. The number of carbonyl (C=O) groups excluding carboxylic acids is 3. The number of carbonyl (C=O) groups is 3. The van der Waals surface area contributed by atoms with Crippen molar-refractivity contribution in [3.05, 3.63) is 64.6 Å². The maximum absolute atomic E-state index is 12.5. The van der Waals surface area contributed by atoms with Crippen LogP contribution in [0.15, 0.2) is 53.4 Å². The van der Waals surface area contributed by atoms with Gasteiger partial charge in [0, 0.05) is 5.56 Å². The van der Waals surface area contributed by atoms with Crippen molar-refractivity contribution in [2.24, 2.45) is 0 Å². The molecule has 1 aliphatic rings. The van der Waals surface area contributed by atoms with Crippen LogP contribution in [0.3, 0.4) is 0 Å². The van der Waals surface area contributed by atoms with Gasteiger partial charge in [0.1, 0.15) is 0 Å².